The molecule has 0 amide bonds. The Hall–Kier alpha value is -2.47. The largest absolute Gasteiger partial charge is 0.361 e. The van der Waals surface area contributed by atoms with Gasteiger partial charge >= 0.3 is 0 Å². The average Bonchev–Trinajstić information content (AvgIpc) is 3.30. The normalized spacial score (nSPS) is 18.3. The Bertz CT molecular complexity index is 824. The summed E-state index contributed by atoms with van der Waals surface area (Å²) in [6.07, 6.45) is 4.07. The first-order chi connectivity index (χ1) is 11.7. The van der Waals surface area contributed by atoms with Crippen molar-refractivity contribution in [3.63, 3.8) is 0 Å². The van der Waals surface area contributed by atoms with Crippen LogP contribution in [0.1, 0.15) is 35.9 Å². The predicted octanol–water partition coefficient (Wildman–Crippen LogP) is 3.85. The number of halogens is 1. The molecule has 1 fully saturated rings. The number of nitrogens with one attached hydrogen (secondary N) is 1. The zero-order valence-corrected chi connectivity index (χ0v) is 13.5. The molecule has 1 aliphatic heterocycles. The van der Waals surface area contributed by atoms with Crippen LogP contribution in [0.5, 0.6) is 0 Å². The highest BCUT2D eigenvalue weighted by atomic mass is 19.1. The van der Waals surface area contributed by atoms with Gasteiger partial charge in [-0.1, -0.05) is 5.16 Å². The summed E-state index contributed by atoms with van der Waals surface area (Å²) in [4.78, 5) is 2.40. The summed E-state index contributed by atoms with van der Waals surface area (Å²) in [5, 5.41) is 11.4. The van der Waals surface area contributed by atoms with Crippen molar-refractivity contribution in [3.05, 3.63) is 59.4 Å². The SMILES string of the molecule is Cc1cc(C2CCCN2Cc2cn[nH]c2-c2ccc(F)cc2)no1. The lowest BCUT2D eigenvalue weighted by Crippen LogP contribution is -2.23. The molecule has 3 heterocycles. The molecule has 0 aliphatic carbocycles. The molecule has 0 bridgehead atoms. The van der Waals surface area contributed by atoms with Gasteiger partial charge in [0.15, 0.2) is 0 Å². The Morgan fingerprint density at radius 1 is 1.33 bits per heavy atom. The van der Waals surface area contributed by atoms with E-state index in [1.807, 2.05) is 19.2 Å². The number of aromatic nitrogens is 3. The van der Waals surface area contributed by atoms with Crippen LogP contribution in [0.15, 0.2) is 41.1 Å². The molecule has 124 valence electrons. The van der Waals surface area contributed by atoms with E-state index in [4.69, 9.17) is 4.52 Å². The third-order valence-corrected chi connectivity index (χ3v) is 4.58. The monoisotopic (exact) mass is 326 g/mol. The van der Waals surface area contributed by atoms with Crippen molar-refractivity contribution in [3.8, 4) is 11.3 Å². The van der Waals surface area contributed by atoms with E-state index >= 15 is 0 Å². The van der Waals surface area contributed by atoms with Gasteiger partial charge < -0.3 is 4.52 Å². The molecule has 5 nitrogen and oxygen atoms in total. The van der Waals surface area contributed by atoms with E-state index < -0.39 is 0 Å². The second-order valence-corrected chi connectivity index (χ2v) is 6.27. The number of nitrogens with zero attached hydrogens (tertiary/aromatic N) is 3. The maximum atomic E-state index is 13.1. The fourth-order valence-corrected chi connectivity index (χ4v) is 3.41. The second kappa shape index (κ2) is 6.20. The minimum atomic E-state index is -0.235. The summed E-state index contributed by atoms with van der Waals surface area (Å²) < 4.78 is 18.4. The van der Waals surface area contributed by atoms with Crippen LogP contribution in [0.2, 0.25) is 0 Å². The highest BCUT2D eigenvalue weighted by Crippen LogP contribution is 2.34. The van der Waals surface area contributed by atoms with E-state index in [1.165, 1.54) is 12.1 Å². The molecule has 0 saturated carbocycles. The van der Waals surface area contributed by atoms with Crippen molar-refractivity contribution in [2.75, 3.05) is 6.54 Å². The number of hydrogen-bond acceptors (Lipinski definition) is 4. The lowest BCUT2D eigenvalue weighted by atomic mass is 10.1. The summed E-state index contributed by atoms with van der Waals surface area (Å²) >= 11 is 0. The van der Waals surface area contributed by atoms with Crippen LogP contribution < -0.4 is 0 Å². The molecule has 0 spiro atoms. The minimum absolute atomic E-state index is 0.235. The van der Waals surface area contributed by atoms with Gasteiger partial charge in [0.2, 0.25) is 0 Å². The number of H-pyrrole nitrogens is 1. The topological polar surface area (TPSA) is 58.0 Å². The van der Waals surface area contributed by atoms with Gasteiger partial charge in [0.05, 0.1) is 17.9 Å². The number of hydrogen-bond donors (Lipinski definition) is 1. The van der Waals surface area contributed by atoms with Crippen molar-refractivity contribution >= 4 is 0 Å². The quantitative estimate of drug-likeness (QED) is 0.791. The number of benzene rings is 1. The average molecular weight is 326 g/mol. The number of aryl methyl sites for hydroxylation is 1. The zero-order chi connectivity index (χ0) is 16.5. The molecular formula is C18H19FN4O. The molecular weight excluding hydrogens is 307 g/mol. The second-order valence-electron chi connectivity index (χ2n) is 6.27. The van der Waals surface area contributed by atoms with Crippen molar-refractivity contribution in [2.45, 2.75) is 32.4 Å². The lowest BCUT2D eigenvalue weighted by Gasteiger charge is -2.22. The summed E-state index contributed by atoms with van der Waals surface area (Å²) in [7, 11) is 0. The molecule has 1 N–H and O–H groups in total. The highest BCUT2D eigenvalue weighted by molar-refractivity contribution is 5.62. The highest BCUT2D eigenvalue weighted by Gasteiger charge is 2.29. The van der Waals surface area contributed by atoms with Crippen molar-refractivity contribution in [1.29, 1.82) is 0 Å². The third kappa shape index (κ3) is 2.85. The molecule has 1 unspecified atom stereocenters. The molecule has 1 atom stereocenters. The summed E-state index contributed by atoms with van der Waals surface area (Å²) in [5.74, 6) is 0.605. The van der Waals surface area contributed by atoms with E-state index in [0.717, 1.165) is 54.2 Å². The standard InChI is InChI=1S/C18H19FN4O/c1-12-9-16(22-24-12)17-3-2-8-23(17)11-14-10-20-21-18(14)13-4-6-15(19)7-5-13/h4-7,9-10,17H,2-3,8,11H2,1H3,(H,20,21). The lowest BCUT2D eigenvalue weighted by molar-refractivity contribution is 0.237. The van der Waals surface area contributed by atoms with Gasteiger partial charge in [0.25, 0.3) is 0 Å². The molecule has 24 heavy (non-hydrogen) atoms. The van der Waals surface area contributed by atoms with Crippen LogP contribution in [0.4, 0.5) is 4.39 Å². The first-order valence-electron chi connectivity index (χ1n) is 8.16. The Morgan fingerprint density at radius 3 is 2.92 bits per heavy atom. The number of likely N-dealkylation sites (tertiary alicyclic amines) is 1. The van der Waals surface area contributed by atoms with Gasteiger partial charge in [-0.2, -0.15) is 5.10 Å². The van der Waals surface area contributed by atoms with Gasteiger partial charge in [-0.3, -0.25) is 10.00 Å². The summed E-state index contributed by atoms with van der Waals surface area (Å²) in [6, 6.07) is 8.77. The third-order valence-electron chi connectivity index (χ3n) is 4.58. The number of aromatic amines is 1. The van der Waals surface area contributed by atoms with Gasteiger partial charge in [0.1, 0.15) is 17.3 Å². The van der Waals surface area contributed by atoms with Gasteiger partial charge in [-0.05, 0) is 50.6 Å². The first kappa shape index (κ1) is 15.1. The van der Waals surface area contributed by atoms with E-state index in [9.17, 15) is 4.39 Å². The van der Waals surface area contributed by atoms with Crippen molar-refractivity contribution < 1.29 is 8.91 Å². The van der Waals surface area contributed by atoms with Crippen molar-refractivity contribution in [1.82, 2.24) is 20.3 Å². The molecule has 1 saturated heterocycles. The summed E-state index contributed by atoms with van der Waals surface area (Å²) in [6.45, 7) is 3.71. The van der Waals surface area contributed by atoms with Gasteiger partial charge in [-0.15, -0.1) is 0 Å². The molecule has 1 aromatic carbocycles. The Balaban J connectivity index is 1.57. The Labute approximate surface area is 139 Å². The van der Waals surface area contributed by atoms with E-state index in [1.54, 1.807) is 12.1 Å². The molecule has 0 radical (unpaired) electrons. The zero-order valence-electron chi connectivity index (χ0n) is 13.5. The Kier molecular flexibility index (Phi) is 3.90. The molecule has 2 aromatic heterocycles. The molecule has 1 aliphatic rings. The van der Waals surface area contributed by atoms with E-state index in [0.29, 0.717) is 0 Å². The smallest absolute Gasteiger partial charge is 0.133 e. The number of rotatable bonds is 4. The maximum Gasteiger partial charge on any atom is 0.133 e. The van der Waals surface area contributed by atoms with Gasteiger partial charge in [-0.25, -0.2) is 4.39 Å². The van der Waals surface area contributed by atoms with Crippen LogP contribution in [0.3, 0.4) is 0 Å². The minimum Gasteiger partial charge on any atom is -0.361 e. The maximum absolute atomic E-state index is 13.1. The van der Waals surface area contributed by atoms with E-state index in [-0.39, 0.29) is 11.9 Å². The fourth-order valence-electron chi connectivity index (χ4n) is 3.41. The molecule has 3 aromatic rings. The van der Waals surface area contributed by atoms with Crippen LogP contribution in [-0.4, -0.2) is 26.8 Å². The van der Waals surface area contributed by atoms with E-state index in [2.05, 4.69) is 20.3 Å². The summed E-state index contributed by atoms with van der Waals surface area (Å²) in [5.41, 5.74) is 3.99. The van der Waals surface area contributed by atoms with Gasteiger partial charge in [0, 0.05) is 23.7 Å². The first-order valence-corrected chi connectivity index (χ1v) is 8.16. The van der Waals surface area contributed by atoms with Crippen molar-refractivity contribution in [2.24, 2.45) is 0 Å². The van der Waals surface area contributed by atoms with Crippen LogP contribution in [0.25, 0.3) is 11.3 Å². The molecule has 6 heteroatoms. The van der Waals surface area contributed by atoms with Crippen LogP contribution >= 0.6 is 0 Å². The Morgan fingerprint density at radius 2 is 2.17 bits per heavy atom. The fraction of sp³-hybridized carbons (Fsp3) is 0.333. The van der Waals surface area contributed by atoms with Crippen LogP contribution in [0, 0.1) is 12.7 Å². The van der Waals surface area contributed by atoms with Crippen LogP contribution in [-0.2, 0) is 6.54 Å². The molecule has 4 rings (SSSR count). The predicted molar refractivity (Wildman–Crippen MR) is 87.6 cm³/mol.